The Kier molecular flexibility index (Phi) is 6.15. The quantitative estimate of drug-likeness (QED) is 0.789. The molecule has 0 bridgehead atoms. The standard InChI is InChI=1S/C17H34N2/c1-4-18-17(15-9-5-6-10-15)13-19(3)16-11-7-8-14(2)12-16/h14-18H,4-13H2,1-3H3. The normalized spacial score (nSPS) is 30.9. The van der Waals surface area contributed by atoms with Crippen LogP contribution in [-0.2, 0) is 0 Å². The van der Waals surface area contributed by atoms with Crippen molar-refractivity contribution in [3.05, 3.63) is 0 Å². The van der Waals surface area contributed by atoms with Crippen molar-refractivity contribution in [2.75, 3.05) is 20.1 Å². The van der Waals surface area contributed by atoms with E-state index in [1.54, 1.807) is 0 Å². The van der Waals surface area contributed by atoms with Crippen molar-refractivity contribution in [2.45, 2.75) is 77.3 Å². The Morgan fingerprint density at radius 2 is 1.84 bits per heavy atom. The molecular weight excluding hydrogens is 232 g/mol. The van der Waals surface area contributed by atoms with Gasteiger partial charge in [-0.2, -0.15) is 0 Å². The molecule has 2 aliphatic carbocycles. The lowest BCUT2D eigenvalue weighted by atomic mass is 9.86. The summed E-state index contributed by atoms with van der Waals surface area (Å²) in [6, 6.07) is 1.57. The van der Waals surface area contributed by atoms with E-state index < -0.39 is 0 Å². The van der Waals surface area contributed by atoms with E-state index in [1.807, 2.05) is 0 Å². The van der Waals surface area contributed by atoms with Crippen molar-refractivity contribution in [2.24, 2.45) is 11.8 Å². The zero-order valence-corrected chi connectivity index (χ0v) is 13.3. The predicted octanol–water partition coefficient (Wildman–Crippen LogP) is 3.67. The lowest BCUT2D eigenvalue weighted by molar-refractivity contribution is 0.138. The molecule has 0 aliphatic heterocycles. The Hall–Kier alpha value is -0.0800. The maximum Gasteiger partial charge on any atom is 0.0223 e. The lowest BCUT2D eigenvalue weighted by Gasteiger charge is -2.37. The minimum absolute atomic E-state index is 0.731. The largest absolute Gasteiger partial charge is 0.313 e. The first-order chi connectivity index (χ1) is 9.20. The van der Waals surface area contributed by atoms with Crippen molar-refractivity contribution in [1.82, 2.24) is 10.2 Å². The van der Waals surface area contributed by atoms with Gasteiger partial charge in [-0.05, 0) is 51.1 Å². The summed E-state index contributed by atoms with van der Waals surface area (Å²) < 4.78 is 0. The van der Waals surface area contributed by atoms with Crippen LogP contribution in [0, 0.1) is 11.8 Å². The van der Waals surface area contributed by atoms with Gasteiger partial charge in [0.15, 0.2) is 0 Å². The second-order valence-corrected chi connectivity index (χ2v) is 7.07. The van der Waals surface area contributed by atoms with E-state index in [0.29, 0.717) is 0 Å². The number of likely N-dealkylation sites (N-methyl/N-ethyl adjacent to an activating group) is 2. The van der Waals surface area contributed by atoms with Crippen molar-refractivity contribution >= 4 is 0 Å². The van der Waals surface area contributed by atoms with Crippen LogP contribution in [0.1, 0.15) is 65.2 Å². The van der Waals surface area contributed by atoms with Crippen LogP contribution >= 0.6 is 0 Å². The van der Waals surface area contributed by atoms with Crippen LogP contribution in [0.4, 0.5) is 0 Å². The van der Waals surface area contributed by atoms with Crippen molar-refractivity contribution < 1.29 is 0 Å². The zero-order valence-electron chi connectivity index (χ0n) is 13.3. The molecule has 3 atom stereocenters. The molecule has 3 unspecified atom stereocenters. The molecule has 2 aliphatic rings. The van der Waals surface area contributed by atoms with E-state index in [1.165, 1.54) is 57.9 Å². The molecule has 0 radical (unpaired) electrons. The Bertz CT molecular complexity index is 248. The summed E-state index contributed by atoms with van der Waals surface area (Å²) >= 11 is 0. The lowest BCUT2D eigenvalue weighted by Crippen LogP contribution is -2.47. The third-order valence-electron chi connectivity index (χ3n) is 5.45. The Labute approximate surface area is 120 Å². The molecule has 0 heterocycles. The van der Waals surface area contributed by atoms with Gasteiger partial charge in [0.05, 0.1) is 0 Å². The second-order valence-electron chi connectivity index (χ2n) is 7.07. The molecule has 2 saturated carbocycles. The third-order valence-corrected chi connectivity index (χ3v) is 5.45. The molecule has 0 aromatic heterocycles. The fourth-order valence-corrected chi connectivity index (χ4v) is 4.26. The summed E-state index contributed by atoms with van der Waals surface area (Å²) in [5.41, 5.74) is 0. The number of nitrogens with one attached hydrogen (secondary N) is 1. The number of hydrogen-bond acceptors (Lipinski definition) is 2. The summed E-state index contributed by atoms with van der Waals surface area (Å²) in [4.78, 5) is 2.67. The molecule has 2 nitrogen and oxygen atoms in total. The van der Waals surface area contributed by atoms with Gasteiger partial charge >= 0.3 is 0 Å². The highest BCUT2D eigenvalue weighted by molar-refractivity contribution is 4.85. The van der Waals surface area contributed by atoms with E-state index in [2.05, 4.69) is 31.1 Å². The first-order valence-corrected chi connectivity index (χ1v) is 8.64. The zero-order chi connectivity index (χ0) is 13.7. The van der Waals surface area contributed by atoms with Crippen LogP contribution in [0.3, 0.4) is 0 Å². The van der Waals surface area contributed by atoms with Crippen molar-refractivity contribution in [3.8, 4) is 0 Å². The van der Waals surface area contributed by atoms with Gasteiger partial charge in [0, 0.05) is 18.6 Å². The fourth-order valence-electron chi connectivity index (χ4n) is 4.26. The SMILES string of the molecule is CCNC(CN(C)C1CCCC(C)C1)C1CCCC1. The number of rotatable bonds is 6. The summed E-state index contributed by atoms with van der Waals surface area (Å²) in [6.07, 6.45) is 11.5. The van der Waals surface area contributed by atoms with Crippen LogP contribution in [0.15, 0.2) is 0 Å². The average Bonchev–Trinajstić information content (AvgIpc) is 2.92. The first-order valence-electron chi connectivity index (χ1n) is 8.64. The van der Waals surface area contributed by atoms with Gasteiger partial charge in [-0.3, -0.25) is 0 Å². The van der Waals surface area contributed by atoms with Crippen LogP contribution in [-0.4, -0.2) is 37.1 Å². The van der Waals surface area contributed by atoms with Crippen LogP contribution in [0.2, 0.25) is 0 Å². The summed E-state index contributed by atoms with van der Waals surface area (Å²) in [6.45, 7) is 7.06. The van der Waals surface area contributed by atoms with E-state index in [9.17, 15) is 0 Å². The average molecular weight is 266 g/mol. The molecule has 0 saturated heterocycles. The molecule has 19 heavy (non-hydrogen) atoms. The van der Waals surface area contributed by atoms with Gasteiger partial charge in [-0.25, -0.2) is 0 Å². The molecule has 1 N–H and O–H groups in total. The van der Waals surface area contributed by atoms with Gasteiger partial charge in [0.25, 0.3) is 0 Å². The predicted molar refractivity (Wildman–Crippen MR) is 83.5 cm³/mol. The molecule has 0 spiro atoms. The number of nitrogens with zero attached hydrogens (tertiary/aromatic N) is 1. The van der Waals surface area contributed by atoms with E-state index in [0.717, 1.165) is 30.5 Å². The Morgan fingerprint density at radius 1 is 1.11 bits per heavy atom. The van der Waals surface area contributed by atoms with E-state index >= 15 is 0 Å². The van der Waals surface area contributed by atoms with E-state index in [4.69, 9.17) is 0 Å². The molecule has 0 amide bonds. The van der Waals surface area contributed by atoms with Crippen LogP contribution in [0.5, 0.6) is 0 Å². The van der Waals surface area contributed by atoms with Gasteiger partial charge in [-0.15, -0.1) is 0 Å². The van der Waals surface area contributed by atoms with Crippen molar-refractivity contribution in [3.63, 3.8) is 0 Å². The smallest absolute Gasteiger partial charge is 0.0223 e. The minimum Gasteiger partial charge on any atom is -0.313 e. The van der Waals surface area contributed by atoms with Crippen LogP contribution < -0.4 is 5.32 Å². The second kappa shape index (κ2) is 7.64. The molecule has 2 rings (SSSR count). The molecular formula is C17H34N2. The summed E-state index contributed by atoms with van der Waals surface area (Å²) in [5, 5.41) is 3.76. The van der Waals surface area contributed by atoms with Gasteiger partial charge < -0.3 is 10.2 Å². The molecule has 2 heteroatoms. The highest BCUT2D eigenvalue weighted by atomic mass is 15.2. The minimum atomic E-state index is 0.731. The van der Waals surface area contributed by atoms with Crippen molar-refractivity contribution in [1.29, 1.82) is 0 Å². The highest BCUT2D eigenvalue weighted by Crippen LogP contribution is 2.30. The number of hydrogen-bond donors (Lipinski definition) is 1. The monoisotopic (exact) mass is 266 g/mol. The molecule has 2 fully saturated rings. The Morgan fingerprint density at radius 3 is 2.47 bits per heavy atom. The summed E-state index contributed by atoms with van der Waals surface area (Å²) in [7, 11) is 2.36. The maximum atomic E-state index is 3.76. The summed E-state index contributed by atoms with van der Waals surface area (Å²) in [5.74, 6) is 1.87. The topological polar surface area (TPSA) is 15.3 Å². The van der Waals surface area contributed by atoms with Gasteiger partial charge in [0.1, 0.15) is 0 Å². The van der Waals surface area contributed by atoms with E-state index in [-0.39, 0.29) is 0 Å². The van der Waals surface area contributed by atoms with Gasteiger partial charge in [-0.1, -0.05) is 39.5 Å². The fraction of sp³-hybridized carbons (Fsp3) is 1.00. The molecule has 0 aromatic rings. The molecule has 112 valence electrons. The first kappa shape index (κ1) is 15.3. The highest BCUT2D eigenvalue weighted by Gasteiger charge is 2.28. The third kappa shape index (κ3) is 4.46. The Balaban J connectivity index is 1.84. The van der Waals surface area contributed by atoms with Gasteiger partial charge in [0.2, 0.25) is 0 Å². The molecule has 0 aromatic carbocycles. The maximum absolute atomic E-state index is 3.76. The van der Waals surface area contributed by atoms with Crippen LogP contribution in [0.25, 0.3) is 0 Å².